The smallest absolute Gasteiger partial charge is 0.256 e. The van der Waals surface area contributed by atoms with Crippen molar-refractivity contribution in [2.45, 2.75) is 19.3 Å². The summed E-state index contributed by atoms with van der Waals surface area (Å²) in [5.74, 6) is -0.287. The lowest BCUT2D eigenvalue weighted by atomic mass is 10.1. The van der Waals surface area contributed by atoms with Crippen molar-refractivity contribution in [1.82, 2.24) is 4.90 Å². The first-order valence-electron chi connectivity index (χ1n) is 8.26. The van der Waals surface area contributed by atoms with Crippen molar-refractivity contribution in [2.24, 2.45) is 0 Å². The lowest BCUT2D eigenvalue weighted by molar-refractivity contribution is -0.115. The van der Waals surface area contributed by atoms with Gasteiger partial charge in [-0.1, -0.05) is 23.7 Å². The number of benzene rings is 2. The first kappa shape index (κ1) is 20.1. The largest absolute Gasteiger partial charge is 0.399 e. The van der Waals surface area contributed by atoms with E-state index in [2.05, 4.69) is 5.32 Å². The summed E-state index contributed by atoms with van der Waals surface area (Å²) in [6, 6.07) is 12.1. The van der Waals surface area contributed by atoms with Crippen molar-refractivity contribution in [3.8, 4) is 0 Å². The highest BCUT2D eigenvalue weighted by molar-refractivity contribution is 6.31. The van der Waals surface area contributed by atoms with Crippen molar-refractivity contribution < 1.29 is 9.59 Å². The highest BCUT2D eigenvalue weighted by Crippen LogP contribution is 2.24. The van der Waals surface area contributed by atoms with Gasteiger partial charge >= 0.3 is 0 Å². The lowest BCUT2D eigenvalue weighted by Crippen LogP contribution is -2.29. The number of carbonyl (C=O) groups excluding carboxylic acids is 2. The zero-order valence-corrected chi connectivity index (χ0v) is 15.8. The number of hydrogen-bond donors (Lipinski definition) is 2. The molecule has 0 unspecified atom stereocenters. The maximum Gasteiger partial charge on any atom is 0.256 e. The van der Waals surface area contributed by atoms with Crippen LogP contribution in [0.15, 0.2) is 42.5 Å². The molecule has 26 heavy (non-hydrogen) atoms. The minimum atomic E-state index is -0.192. The van der Waals surface area contributed by atoms with E-state index in [1.54, 1.807) is 35.2 Å². The lowest BCUT2D eigenvalue weighted by Gasteiger charge is -2.18. The summed E-state index contributed by atoms with van der Waals surface area (Å²) in [5.41, 5.74) is 8.08. The van der Waals surface area contributed by atoms with Crippen molar-refractivity contribution in [3.05, 3.63) is 58.6 Å². The van der Waals surface area contributed by atoms with Gasteiger partial charge in [0, 0.05) is 23.8 Å². The highest BCUT2D eigenvalue weighted by Gasteiger charge is 2.22. The third-order valence-electron chi connectivity index (χ3n) is 4.22. The number of anilines is 2. The van der Waals surface area contributed by atoms with Gasteiger partial charge in [-0.2, -0.15) is 0 Å². The van der Waals surface area contributed by atoms with E-state index in [0.29, 0.717) is 22.0 Å². The van der Waals surface area contributed by atoms with Gasteiger partial charge in [-0.15, -0.1) is 12.4 Å². The van der Waals surface area contributed by atoms with Crippen LogP contribution in [0.4, 0.5) is 11.4 Å². The summed E-state index contributed by atoms with van der Waals surface area (Å²) in [4.78, 5) is 26.8. The second kappa shape index (κ2) is 8.92. The molecular weight excluding hydrogens is 373 g/mol. The predicted octanol–water partition coefficient (Wildman–Crippen LogP) is 3.76. The number of nitrogens with zero attached hydrogens (tertiary/aromatic N) is 1. The molecular formula is C19H21Cl2N3O2. The molecule has 0 aromatic heterocycles. The number of nitrogens with two attached hydrogens (primary N) is 1. The van der Waals surface area contributed by atoms with Crippen molar-refractivity contribution in [1.29, 1.82) is 0 Å². The molecule has 0 saturated carbocycles. The first-order valence-corrected chi connectivity index (χ1v) is 8.64. The number of rotatable bonds is 4. The molecule has 5 nitrogen and oxygen atoms in total. The molecule has 138 valence electrons. The van der Waals surface area contributed by atoms with Crippen LogP contribution in [0.2, 0.25) is 5.02 Å². The van der Waals surface area contributed by atoms with Crippen molar-refractivity contribution >= 4 is 47.2 Å². The van der Waals surface area contributed by atoms with E-state index in [4.69, 9.17) is 17.3 Å². The van der Waals surface area contributed by atoms with E-state index in [9.17, 15) is 9.59 Å². The van der Waals surface area contributed by atoms with E-state index in [0.717, 1.165) is 31.5 Å². The third kappa shape index (κ3) is 4.90. The topological polar surface area (TPSA) is 75.4 Å². The summed E-state index contributed by atoms with van der Waals surface area (Å²) in [6.45, 7) is 1.48. The normalized spacial score (nSPS) is 13.2. The number of nitrogen functional groups attached to an aromatic ring is 1. The van der Waals surface area contributed by atoms with E-state index in [-0.39, 0.29) is 30.6 Å². The molecule has 1 heterocycles. The molecule has 7 heteroatoms. The second-order valence-corrected chi connectivity index (χ2v) is 6.59. The fourth-order valence-corrected chi connectivity index (χ4v) is 3.08. The molecule has 2 aromatic carbocycles. The molecule has 0 spiro atoms. The zero-order chi connectivity index (χ0) is 17.8. The van der Waals surface area contributed by atoms with Gasteiger partial charge in [0.15, 0.2) is 0 Å². The van der Waals surface area contributed by atoms with Crippen LogP contribution in [0, 0.1) is 0 Å². The Balaban J connectivity index is 0.00000243. The number of carbonyl (C=O) groups is 2. The van der Waals surface area contributed by atoms with Crippen LogP contribution in [-0.4, -0.2) is 29.8 Å². The summed E-state index contributed by atoms with van der Waals surface area (Å²) in [5, 5.41) is 3.30. The van der Waals surface area contributed by atoms with Crippen LogP contribution in [0.25, 0.3) is 0 Å². The van der Waals surface area contributed by atoms with Gasteiger partial charge in [0.05, 0.1) is 17.7 Å². The fraction of sp³-hybridized carbons (Fsp3) is 0.263. The summed E-state index contributed by atoms with van der Waals surface area (Å²) >= 11 is 6.05. The van der Waals surface area contributed by atoms with Gasteiger partial charge in [-0.25, -0.2) is 0 Å². The maximum atomic E-state index is 12.7. The molecule has 1 fully saturated rings. The number of likely N-dealkylation sites (tertiary alicyclic amines) is 1. The number of halogens is 2. The van der Waals surface area contributed by atoms with E-state index >= 15 is 0 Å². The Kier molecular flexibility index (Phi) is 6.89. The Labute approximate surface area is 163 Å². The number of amides is 2. The first-order chi connectivity index (χ1) is 12.0. The standard InChI is InChI=1S/C19H20ClN3O2.ClH/c20-14-5-8-17(16(12-14)19(25)23-9-1-2-10-23)22-18(24)11-13-3-6-15(21)7-4-13;/h3-8,12H,1-2,9-11,21H2,(H,22,24);1H. The molecule has 0 atom stereocenters. The molecule has 1 aliphatic rings. The van der Waals surface area contributed by atoms with Crippen LogP contribution in [0.1, 0.15) is 28.8 Å². The molecule has 0 aliphatic carbocycles. The van der Waals surface area contributed by atoms with E-state index in [1.807, 2.05) is 12.1 Å². The molecule has 0 radical (unpaired) electrons. The Morgan fingerprint density at radius 3 is 2.38 bits per heavy atom. The number of hydrogen-bond acceptors (Lipinski definition) is 3. The van der Waals surface area contributed by atoms with Gasteiger partial charge in [-0.05, 0) is 48.7 Å². The summed E-state index contributed by atoms with van der Waals surface area (Å²) in [6.07, 6.45) is 2.22. The van der Waals surface area contributed by atoms with Gasteiger partial charge in [0.2, 0.25) is 5.91 Å². The van der Waals surface area contributed by atoms with Gasteiger partial charge in [0.25, 0.3) is 5.91 Å². The monoisotopic (exact) mass is 393 g/mol. The minimum absolute atomic E-state index is 0. The Bertz CT molecular complexity index is 788. The van der Waals surface area contributed by atoms with Crippen LogP contribution < -0.4 is 11.1 Å². The fourth-order valence-electron chi connectivity index (χ4n) is 2.91. The Morgan fingerprint density at radius 2 is 1.73 bits per heavy atom. The SMILES string of the molecule is Cl.Nc1ccc(CC(=O)Nc2ccc(Cl)cc2C(=O)N2CCCC2)cc1. The Hall–Kier alpha value is -2.24. The highest BCUT2D eigenvalue weighted by atomic mass is 35.5. The molecule has 1 saturated heterocycles. The van der Waals surface area contributed by atoms with Crippen LogP contribution >= 0.6 is 24.0 Å². The predicted molar refractivity (Wildman–Crippen MR) is 107 cm³/mol. The number of nitrogens with one attached hydrogen (secondary N) is 1. The summed E-state index contributed by atoms with van der Waals surface area (Å²) in [7, 11) is 0. The van der Waals surface area contributed by atoms with E-state index < -0.39 is 0 Å². The van der Waals surface area contributed by atoms with Crippen LogP contribution in [0.5, 0.6) is 0 Å². The molecule has 0 bridgehead atoms. The van der Waals surface area contributed by atoms with Crippen molar-refractivity contribution in [3.63, 3.8) is 0 Å². The second-order valence-electron chi connectivity index (χ2n) is 6.16. The van der Waals surface area contributed by atoms with E-state index in [1.165, 1.54) is 0 Å². The minimum Gasteiger partial charge on any atom is -0.399 e. The quantitative estimate of drug-likeness (QED) is 0.776. The van der Waals surface area contributed by atoms with Gasteiger partial charge < -0.3 is 16.0 Å². The molecule has 3 N–H and O–H groups in total. The zero-order valence-electron chi connectivity index (χ0n) is 14.2. The Morgan fingerprint density at radius 1 is 1.08 bits per heavy atom. The van der Waals surface area contributed by atoms with Crippen LogP contribution in [-0.2, 0) is 11.2 Å². The molecule has 2 amide bonds. The average Bonchev–Trinajstić information content (AvgIpc) is 3.12. The summed E-state index contributed by atoms with van der Waals surface area (Å²) < 4.78 is 0. The average molecular weight is 394 g/mol. The van der Waals surface area contributed by atoms with Crippen LogP contribution in [0.3, 0.4) is 0 Å². The molecule has 3 rings (SSSR count). The van der Waals surface area contributed by atoms with Gasteiger partial charge in [-0.3, -0.25) is 9.59 Å². The van der Waals surface area contributed by atoms with Gasteiger partial charge in [0.1, 0.15) is 0 Å². The molecule has 2 aromatic rings. The maximum absolute atomic E-state index is 12.7. The third-order valence-corrected chi connectivity index (χ3v) is 4.46. The molecule has 1 aliphatic heterocycles. The van der Waals surface area contributed by atoms with Crippen molar-refractivity contribution in [2.75, 3.05) is 24.1 Å².